The molecular formula is C21H14Cl2FN5O5. The smallest absolute Gasteiger partial charge is 0.414 e. The number of nitrogens with zero attached hydrogens (tertiary/aromatic N) is 2. The van der Waals surface area contributed by atoms with Gasteiger partial charge in [0.25, 0.3) is 11.5 Å². The van der Waals surface area contributed by atoms with Crippen molar-refractivity contribution in [1.29, 1.82) is 5.26 Å². The fraction of sp³-hybridized carbons (Fsp3) is 0.0952. The molecule has 2 aromatic carbocycles. The number of H-pyrrole nitrogens is 1. The number of rotatable bonds is 6. The van der Waals surface area contributed by atoms with Crippen LogP contribution in [0.3, 0.4) is 0 Å². The molecule has 1 heterocycles. The summed E-state index contributed by atoms with van der Waals surface area (Å²) in [5.74, 6) is -1.91. The third kappa shape index (κ3) is 5.43. The molecule has 3 rings (SSSR count). The molecule has 0 saturated carbocycles. The summed E-state index contributed by atoms with van der Waals surface area (Å²) in [6, 6.07) is 8.33. The average molecular weight is 506 g/mol. The Morgan fingerprint density at radius 1 is 1.29 bits per heavy atom. The molecule has 3 aromatic rings. The first-order valence-corrected chi connectivity index (χ1v) is 10.2. The van der Waals surface area contributed by atoms with Crippen LogP contribution in [-0.4, -0.2) is 28.8 Å². The molecule has 174 valence electrons. The molecular weight excluding hydrogens is 492 g/mol. The first-order chi connectivity index (χ1) is 16.2. The zero-order chi connectivity index (χ0) is 24.8. The number of halogens is 3. The normalized spacial score (nSPS) is 11.0. The number of aromatic nitrogens is 2. The fourth-order valence-electron chi connectivity index (χ4n) is 2.70. The van der Waals surface area contributed by atoms with Gasteiger partial charge in [-0.05, 0) is 31.2 Å². The summed E-state index contributed by atoms with van der Waals surface area (Å²) < 4.78 is 24.3. The standard InChI is InChI=1S/C21H14Cl2FN5O5/c1-2-33-21(32)27-18(30)10(8-25)9-26-11-6-13(22)17(14(23)7-11)34-20-12-4-3-5-15(24)16(12)19(31)28-29-20/h3-7,9,26H,2H2,1H3,(H,28,31)(H,27,30,32)/b10-9-. The maximum Gasteiger partial charge on any atom is 0.414 e. The van der Waals surface area contributed by atoms with Crippen molar-refractivity contribution in [3.63, 3.8) is 0 Å². The number of alkyl carbamates (subject to hydrolysis) is 1. The molecule has 0 fully saturated rings. The highest BCUT2D eigenvalue weighted by molar-refractivity contribution is 6.37. The van der Waals surface area contributed by atoms with E-state index in [9.17, 15) is 18.8 Å². The number of fused-ring (bicyclic) bond motifs is 1. The van der Waals surface area contributed by atoms with Crippen LogP contribution in [0.2, 0.25) is 10.0 Å². The average Bonchev–Trinajstić information content (AvgIpc) is 2.78. The van der Waals surface area contributed by atoms with Crippen molar-refractivity contribution in [3.8, 4) is 17.7 Å². The van der Waals surface area contributed by atoms with E-state index < -0.39 is 29.0 Å². The van der Waals surface area contributed by atoms with E-state index in [0.29, 0.717) is 0 Å². The lowest BCUT2D eigenvalue weighted by molar-refractivity contribution is -0.116. The van der Waals surface area contributed by atoms with Crippen LogP contribution in [0.4, 0.5) is 14.9 Å². The van der Waals surface area contributed by atoms with Gasteiger partial charge in [0.2, 0.25) is 5.88 Å². The minimum Gasteiger partial charge on any atom is -0.450 e. The van der Waals surface area contributed by atoms with Crippen LogP contribution in [-0.2, 0) is 9.53 Å². The number of anilines is 1. The number of hydrogen-bond donors (Lipinski definition) is 3. The second-order valence-electron chi connectivity index (χ2n) is 6.38. The van der Waals surface area contributed by atoms with E-state index in [-0.39, 0.29) is 44.7 Å². The highest BCUT2D eigenvalue weighted by Gasteiger charge is 2.17. The second-order valence-corrected chi connectivity index (χ2v) is 7.19. The van der Waals surface area contributed by atoms with Crippen LogP contribution in [0.5, 0.6) is 11.6 Å². The van der Waals surface area contributed by atoms with E-state index >= 15 is 0 Å². The highest BCUT2D eigenvalue weighted by atomic mass is 35.5. The Kier molecular flexibility index (Phi) is 7.68. The van der Waals surface area contributed by atoms with Crippen LogP contribution in [0.15, 0.2) is 46.9 Å². The van der Waals surface area contributed by atoms with Crippen LogP contribution in [0, 0.1) is 17.1 Å². The topological polar surface area (TPSA) is 146 Å². The second kappa shape index (κ2) is 10.7. The third-order valence-electron chi connectivity index (χ3n) is 4.17. The Bertz CT molecular complexity index is 1390. The molecule has 0 aliphatic rings. The van der Waals surface area contributed by atoms with Crippen molar-refractivity contribution in [1.82, 2.24) is 15.5 Å². The number of nitriles is 1. The zero-order valence-electron chi connectivity index (χ0n) is 17.2. The maximum absolute atomic E-state index is 14.1. The van der Waals surface area contributed by atoms with Crippen molar-refractivity contribution in [2.24, 2.45) is 0 Å². The number of nitrogens with one attached hydrogen (secondary N) is 3. The lowest BCUT2D eigenvalue weighted by atomic mass is 10.2. The predicted octanol–water partition coefficient (Wildman–Crippen LogP) is 4.25. The number of amides is 2. The fourth-order valence-corrected chi connectivity index (χ4v) is 3.26. The van der Waals surface area contributed by atoms with E-state index in [1.165, 1.54) is 24.3 Å². The van der Waals surface area contributed by atoms with Gasteiger partial charge in [0.15, 0.2) is 5.75 Å². The first kappa shape index (κ1) is 24.5. The van der Waals surface area contributed by atoms with Crippen LogP contribution < -0.4 is 20.9 Å². The van der Waals surface area contributed by atoms with Gasteiger partial charge in [-0.15, -0.1) is 5.10 Å². The van der Waals surface area contributed by atoms with Crippen molar-refractivity contribution < 1.29 is 23.5 Å². The lowest BCUT2D eigenvalue weighted by Crippen LogP contribution is -2.32. The molecule has 2 amide bonds. The Morgan fingerprint density at radius 2 is 2.00 bits per heavy atom. The molecule has 3 N–H and O–H groups in total. The minimum atomic E-state index is -0.996. The summed E-state index contributed by atoms with van der Waals surface area (Å²) in [4.78, 5) is 35.2. The monoisotopic (exact) mass is 505 g/mol. The van der Waals surface area contributed by atoms with Gasteiger partial charge in [0.1, 0.15) is 17.5 Å². The molecule has 13 heteroatoms. The molecule has 0 atom stereocenters. The van der Waals surface area contributed by atoms with Gasteiger partial charge in [0.05, 0.1) is 27.4 Å². The Labute approximate surface area is 200 Å². The minimum absolute atomic E-state index is 0.00423. The van der Waals surface area contributed by atoms with Crippen LogP contribution in [0.25, 0.3) is 10.8 Å². The van der Waals surface area contributed by atoms with Gasteiger partial charge in [-0.1, -0.05) is 29.3 Å². The molecule has 34 heavy (non-hydrogen) atoms. The van der Waals surface area contributed by atoms with Crippen LogP contribution >= 0.6 is 23.2 Å². The number of imide groups is 1. The van der Waals surface area contributed by atoms with E-state index in [1.54, 1.807) is 13.0 Å². The summed E-state index contributed by atoms with van der Waals surface area (Å²) in [5, 5.41) is 19.5. The van der Waals surface area contributed by atoms with Crippen molar-refractivity contribution in [2.75, 3.05) is 11.9 Å². The zero-order valence-corrected chi connectivity index (χ0v) is 18.8. The SMILES string of the molecule is CCOC(=O)NC(=O)/C(C#N)=C\Nc1cc(Cl)c(Oc2n[nH]c(=O)c3c(F)cccc23)c(Cl)c1. The summed E-state index contributed by atoms with van der Waals surface area (Å²) in [6.07, 6.45) is 0.0427. The molecule has 0 spiro atoms. The molecule has 0 bridgehead atoms. The van der Waals surface area contributed by atoms with Gasteiger partial charge < -0.3 is 14.8 Å². The van der Waals surface area contributed by atoms with E-state index in [0.717, 1.165) is 12.3 Å². The van der Waals surface area contributed by atoms with Gasteiger partial charge in [-0.2, -0.15) is 5.26 Å². The number of hydrogen-bond acceptors (Lipinski definition) is 8. The molecule has 0 aliphatic carbocycles. The number of carbonyl (C=O) groups excluding carboxylic acids is 2. The molecule has 0 aliphatic heterocycles. The largest absolute Gasteiger partial charge is 0.450 e. The first-order valence-electron chi connectivity index (χ1n) is 9.43. The maximum atomic E-state index is 14.1. The van der Waals surface area contributed by atoms with Crippen LogP contribution in [0.1, 0.15) is 6.92 Å². The number of aromatic amines is 1. The molecule has 1 aromatic heterocycles. The quantitative estimate of drug-likeness (QED) is 0.332. The molecule has 0 saturated heterocycles. The third-order valence-corrected chi connectivity index (χ3v) is 4.73. The molecule has 0 unspecified atom stereocenters. The van der Waals surface area contributed by atoms with E-state index in [4.69, 9.17) is 33.2 Å². The lowest BCUT2D eigenvalue weighted by Gasteiger charge is -2.12. The van der Waals surface area contributed by atoms with Gasteiger partial charge in [0, 0.05) is 11.9 Å². The Balaban J connectivity index is 1.85. The van der Waals surface area contributed by atoms with Gasteiger partial charge in [-0.3, -0.25) is 14.9 Å². The Hall–Kier alpha value is -4.14. The molecule has 10 nitrogen and oxygen atoms in total. The summed E-state index contributed by atoms with van der Waals surface area (Å²) >= 11 is 12.5. The summed E-state index contributed by atoms with van der Waals surface area (Å²) in [7, 11) is 0. The number of carbonyl (C=O) groups is 2. The van der Waals surface area contributed by atoms with Crippen molar-refractivity contribution >= 4 is 51.7 Å². The summed E-state index contributed by atoms with van der Waals surface area (Å²) in [6.45, 7) is 1.61. The van der Waals surface area contributed by atoms with Crippen molar-refractivity contribution in [3.05, 3.63) is 68.3 Å². The number of ether oxygens (including phenoxy) is 2. The van der Waals surface area contributed by atoms with Gasteiger partial charge >= 0.3 is 6.09 Å². The predicted molar refractivity (Wildman–Crippen MR) is 121 cm³/mol. The Morgan fingerprint density at radius 3 is 2.65 bits per heavy atom. The van der Waals surface area contributed by atoms with Crippen molar-refractivity contribution in [2.45, 2.75) is 6.92 Å². The summed E-state index contributed by atoms with van der Waals surface area (Å²) in [5.41, 5.74) is -0.889. The molecule has 0 radical (unpaired) electrons. The van der Waals surface area contributed by atoms with Gasteiger partial charge in [-0.25, -0.2) is 14.3 Å². The number of benzene rings is 2. The highest BCUT2D eigenvalue weighted by Crippen LogP contribution is 2.39. The van der Waals surface area contributed by atoms with E-state index in [1.807, 2.05) is 5.32 Å². The van der Waals surface area contributed by atoms with E-state index in [2.05, 4.69) is 20.3 Å².